The molecular weight excluding hydrogens is 1030 g/mol. The van der Waals surface area contributed by atoms with Crippen LogP contribution in [-0.4, -0.2) is 113 Å². The summed E-state index contributed by atoms with van der Waals surface area (Å²) in [6.07, 6.45) is -2.31. The van der Waals surface area contributed by atoms with Gasteiger partial charge in [0.1, 0.15) is 42.2 Å². The average Bonchev–Trinajstić information content (AvgIpc) is 4.01. The number of rotatable bonds is 27. The van der Waals surface area contributed by atoms with Gasteiger partial charge < -0.3 is 47.7 Å². The number of benzene rings is 4. The number of imidazole rings is 1. The molecule has 2 N–H and O–H groups in total. The standard InChI is InChI=1S/C55H67Cl2N8O10P/c1-35(2)30-59-54-61-50-46(51(66)62-54)60-33-64(50)53-48(71-34-70-31-38-16-22-42(23-17-38)63(7)52(67)49(56)57)47(75-76(73-29-13-28-58)65(36(3)4)37(5)6)45(74-53)32-72-55(39-14-11-10-12-15-39,40-18-24-43(68-8)25-19-40)41-20-26-44(69-9)27-21-41/h10-12,14-27,33,35-37,45,47-49,53H,13,29-32,34H2,1-9H3,(H2,59,61,62,66)/t45-,47-,48-,53-,76?/m1/s1. The molecule has 2 aromatic heterocycles. The molecule has 21 heteroatoms. The molecule has 1 saturated heterocycles. The van der Waals surface area contributed by atoms with Crippen LogP contribution in [0.4, 0.5) is 11.6 Å². The van der Waals surface area contributed by atoms with Crippen molar-refractivity contribution in [1.29, 1.82) is 5.26 Å². The van der Waals surface area contributed by atoms with Gasteiger partial charge in [-0.15, -0.1) is 0 Å². The molecule has 4 aromatic carbocycles. The molecule has 0 aliphatic carbocycles. The molecule has 0 spiro atoms. The molecule has 1 fully saturated rings. The molecule has 3 heterocycles. The van der Waals surface area contributed by atoms with Crippen LogP contribution in [0.1, 0.15) is 76.4 Å². The van der Waals surface area contributed by atoms with Crippen molar-refractivity contribution in [3.63, 3.8) is 0 Å². The highest BCUT2D eigenvalue weighted by Crippen LogP contribution is 2.51. The summed E-state index contributed by atoms with van der Waals surface area (Å²) in [5.41, 5.74) is 2.42. The number of amides is 1. The number of anilines is 2. The number of carbonyl (C=O) groups excluding carboxylic acids is 1. The summed E-state index contributed by atoms with van der Waals surface area (Å²) >= 11 is 11.7. The third-order valence-electron chi connectivity index (χ3n) is 12.6. The van der Waals surface area contributed by atoms with Gasteiger partial charge in [0.05, 0.1) is 52.9 Å². The quantitative estimate of drug-likeness (QED) is 0.0162. The predicted octanol–water partition coefficient (Wildman–Crippen LogP) is 10.1. The van der Waals surface area contributed by atoms with E-state index in [1.54, 1.807) is 38.0 Å². The normalized spacial score (nSPS) is 17.2. The number of ether oxygens (including phenoxy) is 6. The minimum absolute atomic E-state index is 0.0551. The molecule has 5 atom stereocenters. The second-order valence-electron chi connectivity index (χ2n) is 19.0. The largest absolute Gasteiger partial charge is 0.497 e. The zero-order valence-corrected chi connectivity index (χ0v) is 46.6. The minimum Gasteiger partial charge on any atom is -0.497 e. The highest BCUT2D eigenvalue weighted by molar-refractivity contribution is 7.44. The molecule has 1 aliphatic heterocycles. The van der Waals surface area contributed by atoms with Crippen molar-refractivity contribution in [2.24, 2.45) is 5.92 Å². The number of aromatic amines is 1. The van der Waals surface area contributed by atoms with E-state index in [-0.39, 0.29) is 68.1 Å². The number of carbonyl (C=O) groups is 1. The molecule has 0 radical (unpaired) electrons. The topological polar surface area (TPSA) is 197 Å². The monoisotopic (exact) mass is 1100 g/mol. The maximum atomic E-state index is 13.7. The van der Waals surface area contributed by atoms with Crippen LogP contribution in [0.25, 0.3) is 11.2 Å². The number of alkyl halides is 2. The van der Waals surface area contributed by atoms with E-state index in [1.807, 2.05) is 91.0 Å². The van der Waals surface area contributed by atoms with Gasteiger partial charge >= 0.3 is 0 Å². The number of hydrogen-bond acceptors (Lipinski definition) is 15. The van der Waals surface area contributed by atoms with Crippen LogP contribution in [-0.2, 0) is 45.0 Å². The Bertz CT molecular complexity index is 2830. The smallest absolute Gasteiger partial charge is 0.280 e. The number of methoxy groups -OCH3 is 2. The summed E-state index contributed by atoms with van der Waals surface area (Å²) in [7, 11) is 2.92. The number of aromatic nitrogens is 4. The molecule has 7 rings (SSSR count). The zero-order chi connectivity index (χ0) is 54.5. The Morgan fingerprint density at radius 3 is 2.08 bits per heavy atom. The lowest BCUT2D eigenvalue weighted by Gasteiger charge is -2.39. The maximum Gasteiger partial charge on any atom is 0.280 e. The van der Waals surface area contributed by atoms with Crippen molar-refractivity contribution in [2.45, 2.75) is 102 Å². The van der Waals surface area contributed by atoms with Crippen molar-refractivity contribution < 1.29 is 42.3 Å². The molecule has 18 nitrogen and oxygen atoms in total. The third kappa shape index (κ3) is 13.7. The van der Waals surface area contributed by atoms with Crippen LogP contribution in [0.2, 0.25) is 0 Å². The van der Waals surface area contributed by atoms with Gasteiger partial charge in [0.2, 0.25) is 5.95 Å². The lowest BCUT2D eigenvalue weighted by molar-refractivity contribution is -0.141. The van der Waals surface area contributed by atoms with Crippen LogP contribution in [0.15, 0.2) is 114 Å². The molecule has 1 aliphatic rings. The Morgan fingerprint density at radius 1 is 0.895 bits per heavy atom. The molecule has 406 valence electrons. The second kappa shape index (κ2) is 27.1. The molecule has 0 saturated carbocycles. The fourth-order valence-corrected chi connectivity index (χ4v) is 11.0. The molecule has 1 amide bonds. The van der Waals surface area contributed by atoms with Crippen molar-refractivity contribution in [2.75, 3.05) is 58.0 Å². The first-order valence-corrected chi connectivity index (χ1v) is 27.0. The number of nitrogens with zero attached hydrogens (tertiary/aromatic N) is 6. The van der Waals surface area contributed by atoms with E-state index in [1.165, 1.54) is 11.2 Å². The number of nitrogens with one attached hydrogen (secondary N) is 2. The first-order valence-electron chi connectivity index (χ1n) is 25.0. The molecule has 6 aromatic rings. The van der Waals surface area contributed by atoms with Gasteiger partial charge in [0.25, 0.3) is 20.0 Å². The van der Waals surface area contributed by atoms with E-state index in [4.69, 9.17) is 65.7 Å². The van der Waals surface area contributed by atoms with Gasteiger partial charge in [-0.3, -0.25) is 19.1 Å². The lowest BCUT2D eigenvalue weighted by Crippen LogP contribution is -2.43. The van der Waals surface area contributed by atoms with Gasteiger partial charge in [-0.25, -0.2) is 9.65 Å². The first-order chi connectivity index (χ1) is 36.6. The maximum absolute atomic E-state index is 13.7. The summed E-state index contributed by atoms with van der Waals surface area (Å²) in [4.78, 5) is 38.6. The summed E-state index contributed by atoms with van der Waals surface area (Å²) in [6, 6.07) is 34.6. The number of nitriles is 1. The van der Waals surface area contributed by atoms with Gasteiger partial charge in [0, 0.05) is 31.4 Å². The van der Waals surface area contributed by atoms with Crippen LogP contribution >= 0.6 is 31.7 Å². The Hall–Kier alpha value is -5.68. The molecule has 1 unspecified atom stereocenters. The minimum atomic E-state index is -1.92. The van der Waals surface area contributed by atoms with Crippen LogP contribution in [0, 0.1) is 17.2 Å². The highest BCUT2D eigenvalue weighted by atomic mass is 35.5. The fourth-order valence-electron chi connectivity index (χ4n) is 8.92. The summed E-state index contributed by atoms with van der Waals surface area (Å²) in [5.74, 6) is 1.38. The van der Waals surface area contributed by atoms with Crippen molar-refractivity contribution in [3.8, 4) is 17.6 Å². The second-order valence-corrected chi connectivity index (χ2v) is 21.5. The fraction of sp³-hybridized carbons (Fsp3) is 0.436. The van der Waals surface area contributed by atoms with Crippen molar-refractivity contribution in [1.82, 2.24) is 24.2 Å². The number of fused-ring (bicyclic) bond motifs is 1. The predicted molar refractivity (Wildman–Crippen MR) is 294 cm³/mol. The van der Waals surface area contributed by atoms with Crippen LogP contribution < -0.4 is 25.2 Å². The van der Waals surface area contributed by atoms with E-state index in [0.29, 0.717) is 23.7 Å². The van der Waals surface area contributed by atoms with E-state index in [2.05, 4.69) is 67.6 Å². The Kier molecular flexibility index (Phi) is 20.7. The number of halogens is 2. The number of hydrogen-bond donors (Lipinski definition) is 2. The zero-order valence-electron chi connectivity index (χ0n) is 44.2. The van der Waals surface area contributed by atoms with Crippen molar-refractivity contribution in [3.05, 3.63) is 142 Å². The first kappa shape index (κ1) is 58.0. The van der Waals surface area contributed by atoms with Crippen molar-refractivity contribution >= 4 is 60.4 Å². The van der Waals surface area contributed by atoms with Crippen LogP contribution in [0.5, 0.6) is 11.5 Å². The van der Waals surface area contributed by atoms with Crippen LogP contribution in [0.3, 0.4) is 0 Å². The van der Waals surface area contributed by atoms with E-state index < -0.39 is 55.0 Å². The van der Waals surface area contributed by atoms with Gasteiger partial charge in [-0.1, -0.05) is 104 Å². The average molecular weight is 1100 g/mol. The molecule has 0 bridgehead atoms. The third-order valence-corrected chi connectivity index (χ3v) is 15.1. The number of H-pyrrole nitrogens is 1. The van der Waals surface area contributed by atoms with Gasteiger partial charge in [-0.2, -0.15) is 10.2 Å². The summed E-state index contributed by atoms with van der Waals surface area (Å²) in [6.45, 7) is 12.7. The van der Waals surface area contributed by atoms with E-state index in [0.717, 1.165) is 22.3 Å². The van der Waals surface area contributed by atoms with E-state index in [9.17, 15) is 14.9 Å². The summed E-state index contributed by atoms with van der Waals surface area (Å²) in [5, 5.41) is 12.9. The summed E-state index contributed by atoms with van der Waals surface area (Å²) < 4.78 is 56.7. The van der Waals surface area contributed by atoms with Gasteiger partial charge in [-0.05, 0) is 92.3 Å². The highest BCUT2D eigenvalue weighted by Gasteiger charge is 2.52. The SMILES string of the molecule is COc1ccc(C(OC[C@H]2O[C@@H](n3cnc4c(=O)[nH]c(NCC(C)C)nc43)[C@H](OCOCc3ccc(N(C)C(=O)C(Cl)Cl)cc3)[C@@H]2OP(OCCC#N)N(C(C)C)C(C)C)(c2ccccc2)c2ccc(OC)cc2)cc1. The molecular formula is C55H67Cl2N8O10P. The molecule has 76 heavy (non-hydrogen) atoms. The lowest BCUT2D eigenvalue weighted by atomic mass is 9.80. The Morgan fingerprint density at radius 2 is 1.51 bits per heavy atom. The Labute approximate surface area is 455 Å². The Balaban J connectivity index is 1.35. The van der Waals surface area contributed by atoms with E-state index >= 15 is 0 Å². The van der Waals surface area contributed by atoms with Gasteiger partial charge in [0.15, 0.2) is 22.2 Å².